The number of aromatic nitrogens is 1. The summed E-state index contributed by atoms with van der Waals surface area (Å²) >= 11 is 0. The van der Waals surface area contributed by atoms with Gasteiger partial charge in [0.15, 0.2) is 0 Å². The minimum atomic E-state index is 1.10. The van der Waals surface area contributed by atoms with E-state index < -0.39 is 0 Å². The Labute approximate surface area is 99.0 Å². The zero-order valence-corrected chi connectivity index (χ0v) is 10.4. The summed E-state index contributed by atoms with van der Waals surface area (Å²) in [5, 5.41) is 0. The van der Waals surface area contributed by atoms with Crippen molar-refractivity contribution in [3.63, 3.8) is 0 Å². The van der Waals surface area contributed by atoms with Crippen LogP contribution in [-0.2, 0) is 0 Å². The fourth-order valence-corrected chi connectivity index (χ4v) is 1.80. The van der Waals surface area contributed by atoms with E-state index in [1.807, 2.05) is 20.0 Å². The van der Waals surface area contributed by atoms with E-state index in [1.165, 1.54) is 38.0 Å². The number of rotatable bonds is 1. The van der Waals surface area contributed by atoms with Gasteiger partial charge in [0.05, 0.1) is 11.9 Å². The number of nitrogens with zero attached hydrogens (tertiary/aromatic N) is 2. The van der Waals surface area contributed by atoms with Crippen LogP contribution in [-0.4, -0.2) is 18.1 Å². The maximum atomic E-state index is 4.31. The van der Waals surface area contributed by atoms with Gasteiger partial charge in [0.1, 0.15) is 0 Å². The second kappa shape index (κ2) is 7.04. The molecule has 2 nitrogen and oxygen atoms in total. The molecule has 0 bridgehead atoms. The Morgan fingerprint density at radius 3 is 2.38 bits per heavy atom. The molecule has 2 heterocycles. The molecule has 0 atom stereocenters. The highest BCUT2D eigenvalue weighted by molar-refractivity contribution is 5.44. The number of hydrogen-bond acceptors (Lipinski definition) is 2. The van der Waals surface area contributed by atoms with E-state index in [0.29, 0.717) is 0 Å². The third kappa shape index (κ3) is 4.05. The number of piperidine rings is 1. The molecule has 0 radical (unpaired) electrons. The van der Waals surface area contributed by atoms with Crippen LogP contribution >= 0.6 is 0 Å². The summed E-state index contributed by atoms with van der Waals surface area (Å²) in [6.07, 6.45) is 7.78. The minimum absolute atomic E-state index is 1.10. The third-order valence-corrected chi connectivity index (χ3v) is 2.62. The predicted octanol–water partition coefficient (Wildman–Crippen LogP) is 3.57. The van der Waals surface area contributed by atoms with Crippen LogP contribution in [0.25, 0.3) is 0 Å². The maximum absolute atomic E-state index is 4.31. The molecule has 1 aromatic rings. The van der Waals surface area contributed by atoms with Crippen LogP contribution in [0.15, 0.2) is 31.0 Å². The zero-order valence-electron chi connectivity index (χ0n) is 10.4. The Balaban J connectivity index is 0.000000386. The first kappa shape index (κ1) is 12.8. The van der Waals surface area contributed by atoms with Gasteiger partial charge in [0.25, 0.3) is 0 Å². The first-order valence-electron chi connectivity index (χ1n) is 6.02. The maximum Gasteiger partial charge on any atom is 0.0552 e. The summed E-state index contributed by atoms with van der Waals surface area (Å²) in [6.45, 7) is 9.68. The fraction of sp³-hybridized carbons (Fsp3) is 0.500. The van der Waals surface area contributed by atoms with Crippen molar-refractivity contribution in [2.45, 2.75) is 33.1 Å². The van der Waals surface area contributed by atoms with E-state index in [0.717, 1.165) is 5.69 Å². The second-order valence-electron chi connectivity index (χ2n) is 4.11. The molecule has 0 saturated carbocycles. The lowest BCUT2D eigenvalue weighted by atomic mass is 10.1. The summed E-state index contributed by atoms with van der Waals surface area (Å²) < 4.78 is 0. The van der Waals surface area contributed by atoms with Crippen molar-refractivity contribution in [3.05, 3.63) is 36.7 Å². The van der Waals surface area contributed by atoms with Crippen LogP contribution in [0, 0.1) is 6.92 Å². The molecule has 1 saturated heterocycles. The molecule has 0 aromatic carbocycles. The quantitative estimate of drug-likeness (QED) is 0.670. The van der Waals surface area contributed by atoms with Crippen molar-refractivity contribution in [1.82, 2.24) is 4.98 Å². The highest BCUT2D eigenvalue weighted by Crippen LogP contribution is 2.18. The van der Waals surface area contributed by atoms with Crippen molar-refractivity contribution >= 4 is 5.69 Å². The first-order chi connectivity index (χ1) is 7.77. The van der Waals surface area contributed by atoms with Gasteiger partial charge in [-0.25, -0.2) is 0 Å². The average Bonchev–Trinajstić information content (AvgIpc) is 2.32. The molecule has 1 fully saturated rings. The number of pyridine rings is 1. The third-order valence-electron chi connectivity index (χ3n) is 2.62. The first-order valence-corrected chi connectivity index (χ1v) is 6.02. The Morgan fingerprint density at radius 1 is 1.25 bits per heavy atom. The standard InChI is InChI=1S/C11H16N2.C3H6/c1-10-5-6-11(9-12-10)13-7-3-2-4-8-13;1-3-2/h5-6,9H,2-4,7-8H2,1H3;3H,1H2,2H3. The molecular formula is C14H22N2. The second-order valence-corrected chi connectivity index (χ2v) is 4.11. The van der Waals surface area contributed by atoms with Gasteiger partial charge in [0.2, 0.25) is 0 Å². The van der Waals surface area contributed by atoms with E-state index in [2.05, 4.69) is 28.6 Å². The highest BCUT2D eigenvalue weighted by atomic mass is 15.1. The van der Waals surface area contributed by atoms with Gasteiger partial charge in [-0.2, -0.15) is 0 Å². The minimum Gasteiger partial charge on any atom is -0.370 e. The van der Waals surface area contributed by atoms with Gasteiger partial charge in [-0.05, 0) is 45.2 Å². The number of allylic oxidation sites excluding steroid dienone is 1. The molecule has 2 rings (SSSR count). The monoisotopic (exact) mass is 218 g/mol. The largest absolute Gasteiger partial charge is 0.370 e. The van der Waals surface area contributed by atoms with E-state index in [9.17, 15) is 0 Å². The van der Waals surface area contributed by atoms with E-state index >= 15 is 0 Å². The van der Waals surface area contributed by atoms with Gasteiger partial charge < -0.3 is 4.90 Å². The van der Waals surface area contributed by atoms with Crippen LogP contribution in [0.5, 0.6) is 0 Å². The summed E-state index contributed by atoms with van der Waals surface area (Å²) in [5.74, 6) is 0. The highest BCUT2D eigenvalue weighted by Gasteiger charge is 2.10. The van der Waals surface area contributed by atoms with Crippen LogP contribution in [0.4, 0.5) is 5.69 Å². The predicted molar refractivity (Wildman–Crippen MR) is 70.9 cm³/mol. The lowest BCUT2D eigenvalue weighted by molar-refractivity contribution is 0.577. The molecule has 16 heavy (non-hydrogen) atoms. The summed E-state index contributed by atoms with van der Waals surface area (Å²) in [7, 11) is 0. The molecule has 2 heteroatoms. The van der Waals surface area contributed by atoms with E-state index in [4.69, 9.17) is 0 Å². The number of aryl methyl sites for hydroxylation is 1. The van der Waals surface area contributed by atoms with Crippen molar-refractivity contribution in [2.75, 3.05) is 18.0 Å². The molecule has 0 N–H and O–H groups in total. The van der Waals surface area contributed by atoms with E-state index in [-0.39, 0.29) is 0 Å². The van der Waals surface area contributed by atoms with Crippen molar-refractivity contribution in [2.24, 2.45) is 0 Å². The van der Waals surface area contributed by atoms with Crippen LogP contribution < -0.4 is 4.90 Å². The molecular weight excluding hydrogens is 196 g/mol. The number of anilines is 1. The lowest BCUT2D eigenvalue weighted by Crippen LogP contribution is -2.29. The van der Waals surface area contributed by atoms with Gasteiger partial charge in [-0.15, -0.1) is 6.58 Å². The smallest absolute Gasteiger partial charge is 0.0552 e. The van der Waals surface area contributed by atoms with Gasteiger partial charge in [-0.1, -0.05) is 6.08 Å². The fourth-order valence-electron chi connectivity index (χ4n) is 1.80. The number of hydrogen-bond donors (Lipinski definition) is 0. The molecule has 1 aliphatic heterocycles. The molecule has 0 spiro atoms. The molecule has 1 aliphatic rings. The molecule has 0 aliphatic carbocycles. The lowest BCUT2D eigenvalue weighted by Gasteiger charge is -2.28. The Morgan fingerprint density at radius 2 is 1.88 bits per heavy atom. The Bertz CT molecular complexity index is 297. The molecule has 0 amide bonds. The molecule has 1 aromatic heterocycles. The summed E-state index contributed by atoms with van der Waals surface area (Å²) in [6, 6.07) is 4.26. The van der Waals surface area contributed by atoms with Crippen LogP contribution in [0.3, 0.4) is 0 Å². The normalized spacial score (nSPS) is 15.0. The summed E-state index contributed by atoms with van der Waals surface area (Å²) in [5.41, 5.74) is 2.38. The molecule has 0 unspecified atom stereocenters. The Hall–Kier alpha value is -1.31. The Kier molecular flexibility index (Phi) is 5.62. The SMILES string of the molecule is C=CC.Cc1ccc(N2CCCCC2)cn1. The van der Waals surface area contributed by atoms with Gasteiger partial charge in [-0.3, -0.25) is 4.98 Å². The topological polar surface area (TPSA) is 16.1 Å². The van der Waals surface area contributed by atoms with Gasteiger partial charge >= 0.3 is 0 Å². The molecule has 88 valence electrons. The van der Waals surface area contributed by atoms with Gasteiger partial charge in [0, 0.05) is 18.8 Å². The zero-order chi connectivity index (χ0) is 11.8. The van der Waals surface area contributed by atoms with Crippen molar-refractivity contribution in [3.8, 4) is 0 Å². The summed E-state index contributed by atoms with van der Waals surface area (Å²) in [4.78, 5) is 6.74. The van der Waals surface area contributed by atoms with Crippen molar-refractivity contribution < 1.29 is 0 Å². The average molecular weight is 218 g/mol. The van der Waals surface area contributed by atoms with Crippen LogP contribution in [0.1, 0.15) is 31.9 Å². The van der Waals surface area contributed by atoms with E-state index in [1.54, 1.807) is 6.08 Å². The van der Waals surface area contributed by atoms with Crippen LogP contribution in [0.2, 0.25) is 0 Å². The van der Waals surface area contributed by atoms with Crippen molar-refractivity contribution in [1.29, 1.82) is 0 Å².